The molecule has 0 unspecified atom stereocenters. The number of aliphatic hydroxyl groups excluding tert-OH is 1. The van der Waals surface area contributed by atoms with Gasteiger partial charge in [0, 0.05) is 18.9 Å². The fraction of sp³-hybridized carbons (Fsp3) is 0.588. The number of ether oxygens (including phenoxy) is 2. The highest BCUT2D eigenvalue weighted by molar-refractivity contribution is 7.72. The SMILES string of the molecule is C=CCc1cn([C@@H]2O[C@H](CCP(=C)(C)C)[C@@H](O)[C@H]2OC)c(=O)[nH]c1=O. The first-order valence-corrected chi connectivity index (χ1v) is 11.2. The summed E-state index contributed by atoms with van der Waals surface area (Å²) in [6.45, 7) is 6.59. The molecule has 1 aromatic rings. The third kappa shape index (κ3) is 4.61. The summed E-state index contributed by atoms with van der Waals surface area (Å²) < 4.78 is 12.6. The Labute approximate surface area is 147 Å². The van der Waals surface area contributed by atoms with Gasteiger partial charge in [0.1, 0.15) is 12.2 Å². The molecule has 4 atom stereocenters. The summed E-state index contributed by atoms with van der Waals surface area (Å²) in [6.07, 6.45) is 6.22. The third-order valence-corrected chi connectivity index (χ3v) is 5.75. The summed E-state index contributed by atoms with van der Waals surface area (Å²) in [5.41, 5.74) is -0.646. The average Bonchev–Trinajstić information content (AvgIpc) is 2.83. The van der Waals surface area contributed by atoms with Gasteiger partial charge in [-0.25, -0.2) is 4.79 Å². The lowest BCUT2D eigenvalue weighted by Gasteiger charge is -2.20. The van der Waals surface area contributed by atoms with Gasteiger partial charge in [0.15, 0.2) is 6.23 Å². The van der Waals surface area contributed by atoms with Gasteiger partial charge in [0.05, 0.1) is 6.10 Å². The number of nitrogens with zero attached hydrogens (tertiary/aromatic N) is 1. The summed E-state index contributed by atoms with van der Waals surface area (Å²) in [5.74, 6) is 0. The summed E-state index contributed by atoms with van der Waals surface area (Å²) in [4.78, 5) is 26.4. The fourth-order valence-corrected chi connectivity index (χ4v) is 3.88. The van der Waals surface area contributed by atoms with Crippen LogP contribution in [-0.4, -0.2) is 65.9 Å². The van der Waals surface area contributed by atoms with Crippen LogP contribution in [0.3, 0.4) is 0 Å². The van der Waals surface area contributed by atoms with Crippen molar-refractivity contribution in [2.24, 2.45) is 0 Å². The van der Waals surface area contributed by atoms with Gasteiger partial charge in [-0.05, 0) is 32.3 Å². The second-order valence-electron chi connectivity index (χ2n) is 7.02. The maximum absolute atomic E-state index is 12.2. The minimum absolute atomic E-state index is 0.326. The standard InChI is InChI=1S/C17H27N2O5P/c1-6-7-11-10-19(17(22)18-15(11)21)16-14(23-2)13(20)12(24-16)8-9-25(3,4)5/h6,10,12-14,16,20H,1,3,7-9H2,2,4-5H3,(H,18,21,22)/t12-,13-,14-,16-/m1/s1. The molecule has 0 aromatic carbocycles. The number of nitrogens with one attached hydrogen (secondary N) is 1. The maximum Gasteiger partial charge on any atom is 0.330 e. The molecule has 2 heterocycles. The summed E-state index contributed by atoms with van der Waals surface area (Å²) >= 11 is 0. The molecule has 0 spiro atoms. The van der Waals surface area contributed by atoms with Gasteiger partial charge in [-0.1, -0.05) is 6.08 Å². The Kier molecular flexibility index (Phi) is 6.27. The molecule has 2 N–H and O–H groups in total. The van der Waals surface area contributed by atoms with Crippen molar-refractivity contribution in [1.82, 2.24) is 9.55 Å². The molecule has 0 aliphatic carbocycles. The van der Waals surface area contributed by atoms with Gasteiger partial charge < -0.3 is 14.6 Å². The first-order chi connectivity index (χ1) is 11.7. The largest absolute Gasteiger partial charge is 0.388 e. The Balaban J connectivity index is 2.33. The molecule has 0 saturated carbocycles. The van der Waals surface area contributed by atoms with Crippen LogP contribution in [0.15, 0.2) is 28.4 Å². The summed E-state index contributed by atoms with van der Waals surface area (Å²) in [6, 6.07) is 0. The molecule has 2 rings (SSSR count). The van der Waals surface area contributed by atoms with E-state index in [0.29, 0.717) is 18.4 Å². The molecular formula is C17H27N2O5P. The van der Waals surface area contributed by atoms with E-state index < -0.39 is 42.7 Å². The van der Waals surface area contributed by atoms with Crippen LogP contribution >= 0.6 is 6.89 Å². The van der Waals surface area contributed by atoms with E-state index in [4.69, 9.17) is 9.47 Å². The van der Waals surface area contributed by atoms with E-state index in [-0.39, 0.29) is 0 Å². The summed E-state index contributed by atoms with van der Waals surface area (Å²) in [5, 5.41) is 10.5. The minimum atomic E-state index is -1.26. The van der Waals surface area contributed by atoms with Gasteiger partial charge >= 0.3 is 5.69 Å². The van der Waals surface area contributed by atoms with Gasteiger partial charge in [0.2, 0.25) is 0 Å². The zero-order valence-corrected chi connectivity index (χ0v) is 15.9. The van der Waals surface area contributed by atoms with E-state index in [1.807, 2.05) is 0 Å². The number of aliphatic hydroxyl groups is 1. The Morgan fingerprint density at radius 1 is 1.48 bits per heavy atom. The second kappa shape index (κ2) is 7.87. The van der Waals surface area contributed by atoms with Gasteiger partial charge in [-0.3, -0.25) is 14.3 Å². The molecule has 140 valence electrons. The highest BCUT2D eigenvalue weighted by atomic mass is 31.2. The van der Waals surface area contributed by atoms with Gasteiger partial charge in [-0.15, -0.1) is 19.8 Å². The van der Waals surface area contributed by atoms with Crippen molar-refractivity contribution in [2.45, 2.75) is 37.4 Å². The van der Waals surface area contributed by atoms with Crippen molar-refractivity contribution >= 4 is 13.2 Å². The van der Waals surface area contributed by atoms with Crippen LogP contribution in [0.25, 0.3) is 0 Å². The number of methoxy groups -OCH3 is 1. The Hall–Kier alpha value is -1.40. The lowest BCUT2D eigenvalue weighted by atomic mass is 10.1. The van der Waals surface area contributed by atoms with Crippen LogP contribution < -0.4 is 11.2 Å². The van der Waals surface area contributed by atoms with Crippen LogP contribution in [0, 0.1) is 0 Å². The smallest absolute Gasteiger partial charge is 0.330 e. The van der Waals surface area contributed by atoms with Crippen molar-refractivity contribution in [3.05, 3.63) is 45.3 Å². The van der Waals surface area contributed by atoms with Crippen molar-refractivity contribution in [2.75, 3.05) is 26.6 Å². The number of rotatable bonds is 7. The van der Waals surface area contributed by atoms with E-state index in [1.165, 1.54) is 17.9 Å². The molecule has 25 heavy (non-hydrogen) atoms. The van der Waals surface area contributed by atoms with Crippen LogP contribution in [0.4, 0.5) is 0 Å². The summed E-state index contributed by atoms with van der Waals surface area (Å²) in [7, 11) is 1.46. The van der Waals surface area contributed by atoms with Crippen LogP contribution in [0.5, 0.6) is 0 Å². The molecule has 8 heteroatoms. The number of aromatic amines is 1. The molecule has 1 fully saturated rings. The van der Waals surface area contributed by atoms with E-state index in [1.54, 1.807) is 6.08 Å². The molecule has 0 amide bonds. The molecular weight excluding hydrogens is 343 g/mol. The predicted octanol–water partition coefficient (Wildman–Crippen LogP) is 0.638. The number of H-pyrrole nitrogens is 1. The van der Waals surface area contributed by atoms with Crippen molar-refractivity contribution in [3.63, 3.8) is 0 Å². The number of hydrogen-bond donors (Lipinski definition) is 2. The first kappa shape index (κ1) is 19.9. The number of aromatic nitrogens is 2. The molecule has 1 aliphatic rings. The molecule has 1 saturated heterocycles. The zero-order chi connectivity index (χ0) is 18.8. The van der Waals surface area contributed by atoms with Crippen molar-refractivity contribution in [1.29, 1.82) is 0 Å². The van der Waals surface area contributed by atoms with Crippen molar-refractivity contribution in [3.8, 4) is 0 Å². The Bertz CT molecular complexity index is 778. The first-order valence-electron chi connectivity index (χ1n) is 8.17. The van der Waals surface area contributed by atoms with Crippen LogP contribution in [-0.2, 0) is 15.9 Å². The third-order valence-electron chi connectivity index (χ3n) is 4.28. The molecule has 1 aliphatic heterocycles. The number of hydrogen-bond acceptors (Lipinski definition) is 5. The molecule has 1 aromatic heterocycles. The zero-order valence-electron chi connectivity index (χ0n) is 15.0. The quantitative estimate of drug-likeness (QED) is 0.543. The minimum Gasteiger partial charge on any atom is -0.388 e. The lowest BCUT2D eigenvalue weighted by Crippen LogP contribution is -2.39. The average molecular weight is 370 g/mol. The van der Waals surface area contributed by atoms with Crippen LogP contribution in [0.2, 0.25) is 0 Å². The van der Waals surface area contributed by atoms with Crippen molar-refractivity contribution < 1.29 is 14.6 Å². The fourth-order valence-electron chi connectivity index (χ4n) is 2.93. The monoisotopic (exact) mass is 370 g/mol. The Morgan fingerprint density at radius 3 is 2.72 bits per heavy atom. The normalized spacial score (nSPS) is 26.7. The molecule has 7 nitrogen and oxygen atoms in total. The van der Waals surface area contributed by atoms with E-state index in [2.05, 4.69) is 31.2 Å². The van der Waals surface area contributed by atoms with E-state index >= 15 is 0 Å². The highest BCUT2D eigenvalue weighted by Gasteiger charge is 2.45. The van der Waals surface area contributed by atoms with Gasteiger partial charge in [0.25, 0.3) is 5.56 Å². The van der Waals surface area contributed by atoms with Crippen LogP contribution in [0.1, 0.15) is 18.2 Å². The maximum atomic E-state index is 12.2. The second-order valence-corrected chi connectivity index (χ2v) is 11.3. The molecule has 0 radical (unpaired) electrons. The highest BCUT2D eigenvalue weighted by Crippen LogP contribution is 2.39. The molecule has 0 bridgehead atoms. The topological polar surface area (TPSA) is 93.6 Å². The van der Waals surface area contributed by atoms with E-state index in [9.17, 15) is 14.7 Å². The Morgan fingerprint density at radius 2 is 2.16 bits per heavy atom. The predicted molar refractivity (Wildman–Crippen MR) is 101 cm³/mol. The lowest BCUT2D eigenvalue weighted by molar-refractivity contribution is -0.0542. The van der Waals surface area contributed by atoms with Gasteiger partial charge in [-0.2, -0.15) is 0 Å². The van der Waals surface area contributed by atoms with E-state index in [0.717, 1.165) is 6.16 Å². The number of allylic oxidation sites excluding steroid dienone is 1.